The van der Waals surface area contributed by atoms with Gasteiger partial charge < -0.3 is 15.0 Å². The van der Waals surface area contributed by atoms with Gasteiger partial charge in [-0.3, -0.25) is 4.79 Å². The lowest BCUT2D eigenvalue weighted by Crippen LogP contribution is -2.27. The van der Waals surface area contributed by atoms with Crippen LogP contribution in [-0.4, -0.2) is 21.6 Å². The summed E-state index contributed by atoms with van der Waals surface area (Å²) in [5.41, 5.74) is 8.08. The molecule has 0 aliphatic heterocycles. The number of aromatic carboxylic acids is 1. The van der Waals surface area contributed by atoms with E-state index in [0.717, 1.165) is 38.9 Å². The van der Waals surface area contributed by atoms with Gasteiger partial charge in [0.1, 0.15) is 0 Å². The van der Waals surface area contributed by atoms with E-state index >= 15 is 0 Å². The lowest BCUT2D eigenvalue weighted by molar-refractivity contribution is 0.0697. The summed E-state index contributed by atoms with van der Waals surface area (Å²) >= 11 is 0. The van der Waals surface area contributed by atoms with Crippen LogP contribution in [0.4, 0.5) is 0 Å². The SMILES string of the molecule is Cc1c(C)n(Cc2ccc(-c3ccccc3C(=O)O)cc2)c2ccc(C(=O)N[C@H](C)c3ccccc3C#N)cc12. The Kier molecular flexibility index (Phi) is 7.22. The summed E-state index contributed by atoms with van der Waals surface area (Å²) in [6.45, 7) is 6.66. The highest BCUT2D eigenvalue weighted by Crippen LogP contribution is 2.29. The Hall–Kier alpha value is -5.15. The molecule has 0 aliphatic rings. The number of hydrogen-bond donors (Lipinski definition) is 2. The molecular weight excluding hydrogens is 498 g/mol. The minimum Gasteiger partial charge on any atom is -0.478 e. The molecule has 1 heterocycles. The van der Waals surface area contributed by atoms with Gasteiger partial charge in [0.15, 0.2) is 0 Å². The van der Waals surface area contributed by atoms with Crippen LogP contribution in [0.3, 0.4) is 0 Å². The number of nitrogens with zero attached hydrogens (tertiary/aromatic N) is 2. The first-order chi connectivity index (χ1) is 19.3. The van der Waals surface area contributed by atoms with Gasteiger partial charge in [-0.25, -0.2) is 4.79 Å². The number of carbonyl (C=O) groups excluding carboxylic acids is 1. The highest BCUT2D eigenvalue weighted by Gasteiger charge is 2.18. The van der Waals surface area contributed by atoms with Crippen molar-refractivity contribution < 1.29 is 14.7 Å². The summed E-state index contributed by atoms with van der Waals surface area (Å²) < 4.78 is 2.23. The maximum absolute atomic E-state index is 13.1. The molecule has 0 saturated heterocycles. The zero-order valence-electron chi connectivity index (χ0n) is 22.6. The Morgan fingerprint density at radius 3 is 2.38 bits per heavy atom. The molecule has 0 bridgehead atoms. The fraction of sp³-hybridized carbons (Fsp3) is 0.147. The number of nitriles is 1. The normalized spacial score (nSPS) is 11.7. The largest absolute Gasteiger partial charge is 0.478 e. The first kappa shape index (κ1) is 26.5. The van der Waals surface area contributed by atoms with E-state index in [4.69, 9.17) is 0 Å². The van der Waals surface area contributed by atoms with Crippen molar-refractivity contribution in [2.75, 3.05) is 0 Å². The molecular formula is C34H29N3O3. The molecule has 1 aromatic heterocycles. The van der Waals surface area contributed by atoms with Crippen molar-refractivity contribution >= 4 is 22.8 Å². The van der Waals surface area contributed by atoms with E-state index in [1.165, 1.54) is 0 Å². The molecule has 0 saturated carbocycles. The zero-order valence-corrected chi connectivity index (χ0v) is 22.6. The maximum Gasteiger partial charge on any atom is 0.336 e. The molecule has 6 nitrogen and oxygen atoms in total. The number of carbonyl (C=O) groups is 2. The van der Waals surface area contributed by atoms with Crippen molar-refractivity contribution in [3.8, 4) is 17.2 Å². The maximum atomic E-state index is 13.1. The van der Waals surface area contributed by atoms with Gasteiger partial charge in [-0.15, -0.1) is 0 Å². The Balaban J connectivity index is 1.39. The van der Waals surface area contributed by atoms with E-state index < -0.39 is 5.97 Å². The van der Waals surface area contributed by atoms with Crippen LogP contribution in [0.15, 0.2) is 91.0 Å². The van der Waals surface area contributed by atoms with E-state index in [2.05, 4.69) is 29.8 Å². The van der Waals surface area contributed by atoms with Gasteiger partial charge in [0, 0.05) is 28.7 Å². The summed E-state index contributed by atoms with van der Waals surface area (Å²) in [7, 11) is 0. The predicted octanol–water partition coefficient (Wildman–Crippen LogP) is 7.03. The Bertz CT molecular complexity index is 1790. The van der Waals surface area contributed by atoms with Gasteiger partial charge in [-0.05, 0) is 78.9 Å². The van der Waals surface area contributed by atoms with Crippen LogP contribution >= 0.6 is 0 Å². The monoisotopic (exact) mass is 527 g/mol. The smallest absolute Gasteiger partial charge is 0.336 e. The Labute approximate surface area is 233 Å². The van der Waals surface area contributed by atoms with Crippen LogP contribution in [0, 0.1) is 25.2 Å². The van der Waals surface area contributed by atoms with Crippen LogP contribution in [0.1, 0.15) is 61.6 Å². The second-order valence-corrected chi connectivity index (χ2v) is 9.97. The number of amides is 1. The average molecular weight is 528 g/mol. The summed E-state index contributed by atoms with van der Waals surface area (Å²) in [6, 6.07) is 29.9. The highest BCUT2D eigenvalue weighted by molar-refractivity contribution is 5.99. The number of carboxylic acids is 1. The molecule has 5 aromatic rings. The van der Waals surface area contributed by atoms with Crippen molar-refractivity contribution in [3.05, 3.63) is 130 Å². The van der Waals surface area contributed by atoms with Crippen molar-refractivity contribution in [1.29, 1.82) is 5.26 Å². The van der Waals surface area contributed by atoms with E-state index in [9.17, 15) is 20.0 Å². The number of rotatable bonds is 7. The van der Waals surface area contributed by atoms with Crippen LogP contribution < -0.4 is 5.32 Å². The highest BCUT2D eigenvalue weighted by atomic mass is 16.4. The minimum atomic E-state index is -0.945. The van der Waals surface area contributed by atoms with E-state index in [1.807, 2.05) is 79.7 Å². The topological polar surface area (TPSA) is 95.1 Å². The van der Waals surface area contributed by atoms with Gasteiger partial charge in [0.2, 0.25) is 0 Å². The molecule has 5 rings (SSSR count). The summed E-state index contributed by atoms with van der Waals surface area (Å²) in [6.07, 6.45) is 0. The third kappa shape index (κ3) is 4.97. The minimum absolute atomic E-state index is 0.191. The molecule has 2 N–H and O–H groups in total. The van der Waals surface area contributed by atoms with Gasteiger partial charge in [0.05, 0.1) is 23.2 Å². The van der Waals surface area contributed by atoms with Crippen LogP contribution in [0.2, 0.25) is 0 Å². The van der Waals surface area contributed by atoms with Crippen LogP contribution in [0.5, 0.6) is 0 Å². The molecule has 40 heavy (non-hydrogen) atoms. The van der Waals surface area contributed by atoms with E-state index in [1.54, 1.807) is 18.2 Å². The van der Waals surface area contributed by atoms with Gasteiger partial charge in [-0.1, -0.05) is 60.7 Å². The molecule has 1 atom stereocenters. The standard InChI is InChI=1S/C34H29N3O3/c1-21-23(3)37(20-24-12-14-25(15-13-24)29-10-6-7-11-30(29)34(39)40)32-17-16-26(18-31(21)32)33(38)36-22(2)28-9-5-4-8-27(28)19-35/h4-18,22H,20H2,1-3H3,(H,36,38)(H,39,40)/t22-/m1/s1. The van der Waals surface area contributed by atoms with Crippen molar-refractivity contribution in [2.24, 2.45) is 0 Å². The van der Waals surface area contributed by atoms with Gasteiger partial charge in [-0.2, -0.15) is 5.26 Å². The molecule has 0 unspecified atom stereocenters. The molecule has 198 valence electrons. The number of carboxylic acid groups (broad SMARTS) is 1. The third-order valence-corrected chi connectivity index (χ3v) is 7.56. The van der Waals surface area contributed by atoms with Crippen molar-refractivity contribution in [2.45, 2.75) is 33.4 Å². The first-order valence-corrected chi connectivity index (χ1v) is 13.1. The molecule has 6 heteroatoms. The lowest BCUT2D eigenvalue weighted by Gasteiger charge is -2.16. The molecule has 0 fully saturated rings. The van der Waals surface area contributed by atoms with E-state index in [-0.39, 0.29) is 17.5 Å². The summed E-state index contributed by atoms with van der Waals surface area (Å²) in [5.74, 6) is -1.14. The predicted molar refractivity (Wildman–Crippen MR) is 156 cm³/mol. The second kappa shape index (κ2) is 10.9. The first-order valence-electron chi connectivity index (χ1n) is 13.1. The second-order valence-electron chi connectivity index (χ2n) is 9.97. The number of aryl methyl sites for hydroxylation is 1. The fourth-order valence-electron chi connectivity index (χ4n) is 5.22. The number of hydrogen-bond acceptors (Lipinski definition) is 3. The van der Waals surface area contributed by atoms with Crippen LogP contribution in [0.25, 0.3) is 22.0 Å². The Morgan fingerprint density at radius 2 is 1.65 bits per heavy atom. The number of nitrogens with one attached hydrogen (secondary N) is 1. The summed E-state index contributed by atoms with van der Waals surface area (Å²) in [5, 5.41) is 23.0. The lowest BCUT2D eigenvalue weighted by atomic mass is 9.99. The molecule has 0 spiro atoms. The van der Waals surface area contributed by atoms with Gasteiger partial charge in [0.25, 0.3) is 5.91 Å². The van der Waals surface area contributed by atoms with Gasteiger partial charge >= 0.3 is 5.97 Å². The fourth-order valence-corrected chi connectivity index (χ4v) is 5.22. The third-order valence-electron chi connectivity index (χ3n) is 7.56. The van der Waals surface area contributed by atoms with Crippen molar-refractivity contribution in [3.63, 3.8) is 0 Å². The number of fused-ring (bicyclic) bond motifs is 1. The van der Waals surface area contributed by atoms with Crippen molar-refractivity contribution in [1.82, 2.24) is 9.88 Å². The average Bonchev–Trinajstić information content (AvgIpc) is 3.21. The summed E-state index contributed by atoms with van der Waals surface area (Å²) in [4.78, 5) is 24.8. The molecule has 1 amide bonds. The number of benzene rings is 4. The molecule has 4 aromatic carbocycles. The molecule has 0 radical (unpaired) electrons. The Morgan fingerprint density at radius 1 is 0.950 bits per heavy atom. The van der Waals surface area contributed by atoms with Crippen LogP contribution in [-0.2, 0) is 6.54 Å². The zero-order chi connectivity index (χ0) is 28.4. The molecule has 0 aliphatic carbocycles. The number of aromatic nitrogens is 1. The van der Waals surface area contributed by atoms with E-state index in [0.29, 0.717) is 23.2 Å². The quantitative estimate of drug-likeness (QED) is 0.237.